The van der Waals surface area contributed by atoms with Gasteiger partial charge in [0.05, 0.1) is 16.6 Å². The van der Waals surface area contributed by atoms with E-state index >= 15 is 0 Å². The van der Waals surface area contributed by atoms with Gasteiger partial charge in [0.25, 0.3) is 10.9 Å². The number of benzene rings is 3. The van der Waals surface area contributed by atoms with Gasteiger partial charge in [-0.15, -0.1) is 0 Å². The van der Waals surface area contributed by atoms with Crippen LogP contribution in [-0.2, 0) is 13.0 Å². The van der Waals surface area contributed by atoms with Gasteiger partial charge in [0.2, 0.25) is 0 Å². The van der Waals surface area contributed by atoms with Gasteiger partial charge in [0.1, 0.15) is 17.2 Å². The average Bonchev–Trinajstić information content (AvgIpc) is 3.26. The molecule has 38 heavy (non-hydrogen) atoms. The van der Waals surface area contributed by atoms with Crippen LogP contribution in [0, 0.1) is 6.92 Å². The second-order valence-corrected chi connectivity index (χ2v) is 9.58. The van der Waals surface area contributed by atoms with Gasteiger partial charge in [-0.05, 0) is 47.4 Å². The Morgan fingerprint density at radius 1 is 1.03 bits per heavy atom. The Balaban J connectivity index is 1.50. The molecule has 0 aliphatic heterocycles. The molecule has 0 fully saturated rings. The van der Waals surface area contributed by atoms with Crippen LogP contribution in [-0.4, -0.2) is 34.7 Å². The number of hydrogen-bond donors (Lipinski definition) is 2. The number of fused-ring (bicyclic) bond motifs is 1. The Bertz CT molecular complexity index is 1760. The maximum atomic E-state index is 12.2. The van der Waals surface area contributed by atoms with Crippen LogP contribution >= 0.6 is 0 Å². The van der Waals surface area contributed by atoms with E-state index in [4.69, 9.17) is 4.98 Å². The van der Waals surface area contributed by atoms with Crippen LogP contribution in [0.15, 0.2) is 70.3 Å². The van der Waals surface area contributed by atoms with Crippen molar-refractivity contribution in [3.05, 3.63) is 104 Å². The van der Waals surface area contributed by atoms with Crippen molar-refractivity contribution in [2.45, 2.75) is 26.8 Å². The van der Waals surface area contributed by atoms with Crippen LogP contribution < -0.4 is 21.1 Å². The van der Waals surface area contributed by atoms with Crippen LogP contribution in [0.3, 0.4) is 0 Å². The summed E-state index contributed by atoms with van der Waals surface area (Å²) in [6.07, 6.45) is 0.740. The van der Waals surface area contributed by atoms with Gasteiger partial charge in [-0.1, -0.05) is 49.4 Å². The summed E-state index contributed by atoms with van der Waals surface area (Å²) >= 11 is 0. The number of imidazole rings is 1. The molecule has 1 heterocycles. The molecule has 8 nitrogen and oxygen atoms in total. The Morgan fingerprint density at radius 2 is 1.74 bits per heavy atom. The minimum atomic E-state index is -0.955. The molecule has 4 aromatic carbocycles. The van der Waals surface area contributed by atoms with E-state index in [1.54, 1.807) is 31.1 Å². The molecular formula is C30H28N4O4. The molecule has 1 aromatic heterocycles. The van der Waals surface area contributed by atoms with E-state index in [-0.39, 0.29) is 5.56 Å². The standard InChI is InChI=1S/C30H28N4O4/c1-5-24-32-25-17(2)14-20(31-26-27(33(3)4)29(36)28(26)35)15-23(25)34(24)16-18-10-12-19(13-11-18)21-8-6-7-9-22(21)30(37)38/h6-15,31H,5,16H2,1-4H3,(H,37,38). The highest BCUT2D eigenvalue weighted by Crippen LogP contribution is 2.30. The van der Waals surface area contributed by atoms with Gasteiger partial charge in [-0.3, -0.25) is 9.59 Å². The average molecular weight is 509 g/mol. The van der Waals surface area contributed by atoms with Crippen molar-refractivity contribution >= 4 is 34.1 Å². The molecule has 0 saturated heterocycles. The number of nitrogens with one attached hydrogen (secondary N) is 1. The number of anilines is 3. The summed E-state index contributed by atoms with van der Waals surface area (Å²) in [5.41, 5.74) is 6.00. The second kappa shape index (κ2) is 9.63. The zero-order valence-corrected chi connectivity index (χ0v) is 21.7. The molecule has 5 aromatic rings. The summed E-state index contributed by atoms with van der Waals surface area (Å²) in [6, 6.07) is 18.7. The molecule has 0 saturated carbocycles. The monoisotopic (exact) mass is 508 g/mol. The molecule has 0 aliphatic rings. The first-order valence-corrected chi connectivity index (χ1v) is 12.4. The largest absolute Gasteiger partial charge is 0.478 e. The van der Waals surface area contributed by atoms with Gasteiger partial charge in [0.15, 0.2) is 0 Å². The normalized spacial score (nSPS) is 11.3. The number of aromatic carboxylic acids is 1. The highest BCUT2D eigenvalue weighted by molar-refractivity contribution is 5.96. The molecule has 0 unspecified atom stereocenters. The number of nitrogens with zero attached hydrogens (tertiary/aromatic N) is 3. The lowest BCUT2D eigenvalue weighted by Crippen LogP contribution is -2.39. The van der Waals surface area contributed by atoms with Crippen molar-refractivity contribution in [3.63, 3.8) is 0 Å². The molecule has 192 valence electrons. The lowest BCUT2D eigenvalue weighted by atomic mass is 9.99. The first-order chi connectivity index (χ1) is 18.2. The van der Waals surface area contributed by atoms with Crippen LogP contribution in [0.4, 0.5) is 17.1 Å². The van der Waals surface area contributed by atoms with E-state index in [9.17, 15) is 19.5 Å². The minimum absolute atomic E-state index is 0.267. The van der Waals surface area contributed by atoms with Crippen molar-refractivity contribution in [1.29, 1.82) is 0 Å². The minimum Gasteiger partial charge on any atom is -0.478 e. The van der Waals surface area contributed by atoms with Gasteiger partial charge in [0, 0.05) is 32.7 Å². The summed E-state index contributed by atoms with van der Waals surface area (Å²) in [7, 11) is 3.48. The number of carbonyl (C=O) groups is 1. The zero-order valence-electron chi connectivity index (χ0n) is 21.7. The quantitative estimate of drug-likeness (QED) is 0.292. The molecule has 0 bridgehead atoms. The van der Waals surface area contributed by atoms with E-state index in [1.807, 2.05) is 55.5 Å². The van der Waals surface area contributed by atoms with E-state index in [0.717, 1.165) is 45.7 Å². The number of carboxylic acids is 1. The molecule has 5 rings (SSSR count). The molecule has 0 spiro atoms. The highest BCUT2D eigenvalue weighted by atomic mass is 16.4. The van der Waals surface area contributed by atoms with Crippen LogP contribution in [0.1, 0.15) is 34.2 Å². The predicted molar refractivity (Wildman–Crippen MR) is 151 cm³/mol. The van der Waals surface area contributed by atoms with E-state index in [1.165, 1.54) is 0 Å². The Kier molecular flexibility index (Phi) is 6.32. The van der Waals surface area contributed by atoms with Crippen molar-refractivity contribution in [2.75, 3.05) is 24.3 Å². The van der Waals surface area contributed by atoms with Crippen LogP contribution in [0.5, 0.6) is 0 Å². The van der Waals surface area contributed by atoms with Gasteiger partial charge < -0.3 is 19.9 Å². The molecule has 2 N–H and O–H groups in total. The SMILES string of the molecule is CCc1nc2c(C)cc(Nc3c(N(C)C)c(=O)c3=O)cc2n1Cc1ccc(-c2ccccc2C(=O)O)cc1. The van der Waals surface area contributed by atoms with Crippen LogP contribution in [0.2, 0.25) is 0 Å². The van der Waals surface area contributed by atoms with Gasteiger partial charge in [-0.25, -0.2) is 9.78 Å². The number of aromatic nitrogens is 2. The van der Waals surface area contributed by atoms with E-state index in [0.29, 0.717) is 23.5 Å². The molecular weight excluding hydrogens is 480 g/mol. The third kappa shape index (κ3) is 4.24. The lowest BCUT2D eigenvalue weighted by molar-refractivity contribution is 0.0697. The predicted octanol–water partition coefficient (Wildman–Crippen LogP) is 4.73. The number of rotatable bonds is 8. The van der Waals surface area contributed by atoms with Crippen LogP contribution in [0.25, 0.3) is 22.2 Å². The topological polar surface area (TPSA) is 105 Å². The van der Waals surface area contributed by atoms with Gasteiger partial charge >= 0.3 is 5.97 Å². The van der Waals surface area contributed by atoms with Crippen molar-refractivity contribution in [1.82, 2.24) is 9.55 Å². The highest BCUT2D eigenvalue weighted by Gasteiger charge is 2.23. The summed E-state index contributed by atoms with van der Waals surface area (Å²) in [4.78, 5) is 42.4. The third-order valence-electron chi connectivity index (χ3n) is 6.80. The summed E-state index contributed by atoms with van der Waals surface area (Å²) in [5.74, 6) is -0.0213. The fraction of sp³-hybridized carbons (Fsp3) is 0.200. The maximum Gasteiger partial charge on any atom is 0.336 e. The summed E-state index contributed by atoms with van der Waals surface area (Å²) < 4.78 is 2.16. The zero-order chi connectivity index (χ0) is 27.1. The van der Waals surface area contributed by atoms with E-state index in [2.05, 4.69) is 16.8 Å². The Labute approximate surface area is 219 Å². The first kappa shape index (κ1) is 25.0. The maximum absolute atomic E-state index is 12.2. The summed E-state index contributed by atoms with van der Waals surface area (Å²) in [6.45, 7) is 4.62. The van der Waals surface area contributed by atoms with Crippen molar-refractivity contribution < 1.29 is 9.90 Å². The van der Waals surface area contributed by atoms with Gasteiger partial charge in [-0.2, -0.15) is 0 Å². The molecule has 0 aliphatic carbocycles. The fourth-order valence-electron chi connectivity index (χ4n) is 4.92. The van der Waals surface area contributed by atoms with Crippen molar-refractivity contribution in [3.8, 4) is 11.1 Å². The molecule has 0 atom stereocenters. The molecule has 0 radical (unpaired) electrons. The third-order valence-corrected chi connectivity index (χ3v) is 6.80. The van der Waals surface area contributed by atoms with Crippen molar-refractivity contribution in [2.24, 2.45) is 0 Å². The van der Waals surface area contributed by atoms with E-state index < -0.39 is 16.8 Å². The second-order valence-electron chi connectivity index (χ2n) is 9.58. The Morgan fingerprint density at radius 3 is 2.39 bits per heavy atom. The number of carboxylic acid groups (broad SMARTS) is 1. The number of aryl methyl sites for hydroxylation is 2. The fourth-order valence-corrected chi connectivity index (χ4v) is 4.92. The molecule has 0 amide bonds. The summed E-state index contributed by atoms with van der Waals surface area (Å²) in [5, 5.41) is 12.7. The number of hydrogen-bond acceptors (Lipinski definition) is 6. The Hall–Kier alpha value is -4.72. The smallest absolute Gasteiger partial charge is 0.336 e. The first-order valence-electron chi connectivity index (χ1n) is 12.4. The lowest BCUT2D eigenvalue weighted by Gasteiger charge is -2.19. The molecule has 8 heteroatoms.